The van der Waals surface area contributed by atoms with Gasteiger partial charge < -0.3 is 5.32 Å². The van der Waals surface area contributed by atoms with Crippen LogP contribution in [0.5, 0.6) is 0 Å². The van der Waals surface area contributed by atoms with Crippen LogP contribution in [0.4, 0.5) is 0 Å². The van der Waals surface area contributed by atoms with Crippen LogP contribution in [0.15, 0.2) is 33.7 Å². The number of rotatable bonds is 2. The van der Waals surface area contributed by atoms with Gasteiger partial charge in [-0.1, -0.05) is 0 Å². The molecule has 0 saturated carbocycles. The number of hydrogen-bond acceptors (Lipinski definition) is 4. The standard InChI is InChI=1S/C13H13BrN4O/c14-10-1-2-11(16-7-10)8-18-13(19)5-9-6-15-4-3-12(9)17-18/h1-2,5,7,15H,3-4,6,8H2. The van der Waals surface area contributed by atoms with Crippen LogP contribution in [0.1, 0.15) is 17.0 Å². The van der Waals surface area contributed by atoms with Gasteiger partial charge in [0.1, 0.15) is 0 Å². The second-order valence-corrected chi connectivity index (χ2v) is 5.42. The predicted molar refractivity (Wildman–Crippen MR) is 74.9 cm³/mol. The van der Waals surface area contributed by atoms with Crippen LogP contribution in [-0.2, 0) is 19.5 Å². The van der Waals surface area contributed by atoms with Crippen molar-refractivity contribution >= 4 is 15.9 Å². The Hall–Kier alpha value is -1.53. The second kappa shape index (κ2) is 5.22. The third kappa shape index (κ3) is 2.74. The van der Waals surface area contributed by atoms with Gasteiger partial charge in [0.15, 0.2) is 0 Å². The quantitative estimate of drug-likeness (QED) is 0.900. The van der Waals surface area contributed by atoms with Crippen LogP contribution in [0.2, 0.25) is 0 Å². The molecule has 0 atom stereocenters. The summed E-state index contributed by atoms with van der Waals surface area (Å²) < 4.78 is 2.41. The minimum absolute atomic E-state index is 0.0767. The topological polar surface area (TPSA) is 59.8 Å². The average Bonchev–Trinajstić information content (AvgIpc) is 2.42. The van der Waals surface area contributed by atoms with Crippen LogP contribution in [0, 0.1) is 0 Å². The van der Waals surface area contributed by atoms with E-state index in [1.807, 2.05) is 12.1 Å². The van der Waals surface area contributed by atoms with Gasteiger partial charge in [0.25, 0.3) is 5.56 Å². The average molecular weight is 321 g/mol. The molecular formula is C13H13BrN4O. The fraction of sp³-hybridized carbons (Fsp3) is 0.308. The molecule has 1 aliphatic rings. The van der Waals surface area contributed by atoms with Gasteiger partial charge in [0.2, 0.25) is 0 Å². The number of halogens is 1. The van der Waals surface area contributed by atoms with Crippen molar-refractivity contribution in [2.24, 2.45) is 0 Å². The molecule has 0 aliphatic carbocycles. The van der Waals surface area contributed by atoms with E-state index in [-0.39, 0.29) is 5.56 Å². The molecule has 3 rings (SSSR count). The van der Waals surface area contributed by atoms with Crippen molar-refractivity contribution in [3.63, 3.8) is 0 Å². The molecular weight excluding hydrogens is 308 g/mol. The lowest BCUT2D eigenvalue weighted by Crippen LogP contribution is -2.32. The van der Waals surface area contributed by atoms with E-state index in [4.69, 9.17) is 0 Å². The molecule has 0 amide bonds. The molecule has 0 radical (unpaired) electrons. The first kappa shape index (κ1) is 12.5. The van der Waals surface area contributed by atoms with E-state index in [0.29, 0.717) is 6.54 Å². The van der Waals surface area contributed by atoms with Crippen LogP contribution >= 0.6 is 15.9 Å². The normalized spacial score (nSPS) is 14.2. The fourth-order valence-corrected chi connectivity index (χ4v) is 2.36. The summed E-state index contributed by atoms with van der Waals surface area (Å²) in [6.07, 6.45) is 2.59. The van der Waals surface area contributed by atoms with E-state index in [2.05, 4.69) is 31.3 Å². The molecule has 0 saturated heterocycles. The highest BCUT2D eigenvalue weighted by molar-refractivity contribution is 9.10. The lowest BCUT2D eigenvalue weighted by Gasteiger charge is -2.16. The van der Waals surface area contributed by atoms with Crippen LogP contribution in [0.3, 0.4) is 0 Å². The molecule has 98 valence electrons. The van der Waals surface area contributed by atoms with Crippen molar-refractivity contribution in [2.45, 2.75) is 19.5 Å². The van der Waals surface area contributed by atoms with E-state index in [0.717, 1.165) is 40.9 Å². The summed E-state index contributed by atoms with van der Waals surface area (Å²) in [5.41, 5.74) is 2.77. The van der Waals surface area contributed by atoms with Gasteiger partial charge in [-0.25, -0.2) is 4.68 Å². The summed E-state index contributed by atoms with van der Waals surface area (Å²) in [5.74, 6) is 0. The minimum atomic E-state index is -0.0767. The van der Waals surface area contributed by atoms with E-state index >= 15 is 0 Å². The summed E-state index contributed by atoms with van der Waals surface area (Å²) in [5, 5.41) is 7.68. The SMILES string of the molecule is O=c1cc2c(nn1Cc1ccc(Br)cn1)CCNC2. The maximum absolute atomic E-state index is 12.0. The largest absolute Gasteiger partial charge is 0.312 e. The molecule has 2 aromatic rings. The maximum Gasteiger partial charge on any atom is 0.267 e. The van der Waals surface area contributed by atoms with Crippen molar-refractivity contribution in [2.75, 3.05) is 6.54 Å². The van der Waals surface area contributed by atoms with Crippen LogP contribution in [-0.4, -0.2) is 21.3 Å². The van der Waals surface area contributed by atoms with Gasteiger partial charge in [-0.3, -0.25) is 9.78 Å². The zero-order chi connectivity index (χ0) is 13.2. The van der Waals surface area contributed by atoms with Gasteiger partial charge in [0.05, 0.1) is 17.9 Å². The number of nitrogens with zero attached hydrogens (tertiary/aromatic N) is 3. The third-order valence-corrected chi connectivity index (χ3v) is 3.59. The Bertz CT molecular complexity index is 651. The molecule has 19 heavy (non-hydrogen) atoms. The molecule has 0 unspecified atom stereocenters. The van der Waals surface area contributed by atoms with Crippen molar-refractivity contribution in [3.05, 3.63) is 56.2 Å². The molecule has 1 aliphatic heterocycles. The van der Waals surface area contributed by atoms with Crippen LogP contribution < -0.4 is 10.9 Å². The lowest BCUT2D eigenvalue weighted by molar-refractivity contribution is 0.558. The molecule has 0 bridgehead atoms. The Morgan fingerprint density at radius 2 is 2.32 bits per heavy atom. The predicted octanol–water partition coefficient (Wildman–Crippen LogP) is 1.09. The Morgan fingerprint density at radius 3 is 3.11 bits per heavy atom. The fourth-order valence-electron chi connectivity index (χ4n) is 2.13. The zero-order valence-corrected chi connectivity index (χ0v) is 11.9. The monoisotopic (exact) mass is 320 g/mol. The zero-order valence-electron chi connectivity index (χ0n) is 10.3. The number of aromatic nitrogens is 3. The highest BCUT2D eigenvalue weighted by Crippen LogP contribution is 2.10. The molecule has 0 spiro atoms. The first-order valence-electron chi connectivity index (χ1n) is 6.13. The van der Waals surface area contributed by atoms with E-state index in [1.165, 1.54) is 4.68 Å². The summed E-state index contributed by atoms with van der Waals surface area (Å²) in [6, 6.07) is 5.47. The summed E-state index contributed by atoms with van der Waals surface area (Å²) >= 11 is 3.34. The van der Waals surface area contributed by atoms with Gasteiger partial charge in [-0.2, -0.15) is 5.10 Å². The number of nitrogens with one attached hydrogen (secondary N) is 1. The first-order valence-corrected chi connectivity index (χ1v) is 6.93. The third-order valence-electron chi connectivity index (χ3n) is 3.12. The molecule has 0 fully saturated rings. The van der Waals surface area contributed by atoms with Crippen molar-refractivity contribution in [3.8, 4) is 0 Å². The summed E-state index contributed by atoms with van der Waals surface area (Å²) in [4.78, 5) is 16.3. The molecule has 6 heteroatoms. The van der Waals surface area contributed by atoms with E-state index < -0.39 is 0 Å². The van der Waals surface area contributed by atoms with Gasteiger partial charge in [0, 0.05) is 36.2 Å². The Morgan fingerprint density at radius 1 is 1.42 bits per heavy atom. The van der Waals surface area contributed by atoms with Crippen molar-refractivity contribution in [1.82, 2.24) is 20.1 Å². The molecule has 1 N–H and O–H groups in total. The van der Waals surface area contributed by atoms with Gasteiger partial charge in [-0.15, -0.1) is 0 Å². The summed E-state index contributed by atoms with van der Waals surface area (Å²) in [6.45, 7) is 2.05. The maximum atomic E-state index is 12.0. The van der Waals surface area contributed by atoms with Crippen molar-refractivity contribution in [1.29, 1.82) is 0 Å². The molecule has 5 nitrogen and oxygen atoms in total. The van der Waals surface area contributed by atoms with E-state index in [9.17, 15) is 4.79 Å². The lowest BCUT2D eigenvalue weighted by atomic mass is 10.1. The smallest absolute Gasteiger partial charge is 0.267 e. The Balaban J connectivity index is 1.92. The van der Waals surface area contributed by atoms with Crippen molar-refractivity contribution < 1.29 is 0 Å². The van der Waals surface area contributed by atoms with Crippen LogP contribution in [0.25, 0.3) is 0 Å². The highest BCUT2D eigenvalue weighted by atomic mass is 79.9. The van der Waals surface area contributed by atoms with Gasteiger partial charge >= 0.3 is 0 Å². The molecule has 0 aromatic carbocycles. The second-order valence-electron chi connectivity index (χ2n) is 4.51. The molecule has 3 heterocycles. The number of fused-ring (bicyclic) bond motifs is 1. The highest BCUT2D eigenvalue weighted by Gasteiger charge is 2.13. The Labute approximate surface area is 118 Å². The number of hydrogen-bond donors (Lipinski definition) is 1. The molecule has 2 aromatic heterocycles. The Kier molecular flexibility index (Phi) is 3.44. The minimum Gasteiger partial charge on any atom is -0.312 e. The summed E-state index contributed by atoms with van der Waals surface area (Å²) in [7, 11) is 0. The van der Waals surface area contributed by atoms with E-state index in [1.54, 1.807) is 12.3 Å². The number of pyridine rings is 1. The van der Waals surface area contributed by atoms with Gasteiger partial charge in [-0.05, 0) is 33.6 Å². The first-order chi connectivity index (χ1) is 9.22.